The highest BCUT2D eigenvalue weighted by Gasteiger charge is 2.44. The van der Waals surface area contributed by atoms with Gasteiger partial charge in [0.2, 0.25) is 0 Å². The number of hydrogen-bond donors (Lipinski definition) is 5. The van der Waals surface area contributed by atoms with Crippen molar-refractivity contribution >= 4 is 17.0 Å². The number of imidazole rings is 1. The molecule has 0 radical (unpaired) electrons. The quantitative estimate of drug-likeness (QED) is 0.398. The van der Waals surface area contributed by atoms with Gasteiger partial charge in [-0.3, -0.25) is 0 Å². The lowest BCUT2D eigenvalue weighted by atomic mass is 10.1. The molecular weight excluding hydrogens is 270 g/mol. The van der Waals surface area contributed by atoms with E-state index in [4.69, 9.17) is 15.6 Å². The van der Waals surface area contributed by atoms with E-state index < -0.39 is 36.8 Å². The van der Waals surface area contributed by atoms with E-state index in [1.807, 2.05) is 0 Å². The van der Waals surface area contributed by atoms with Crippen LogP contribution in [-0.2, 0) is 4.74 Å². The molecule has 1 aliphatic rings. The van der Waals surface area contributed by atoms with Crippen molar-refractivity contribution in [3.05, 3.63) is 16.8 Å². The lowest BCUT2D eigenvalue weighted by Gasteiger charge is -2.17. The molecule has 4 unspecified atom stereocenters. The van der Waals surface area contributed by atoms with Crippen LogP contribution in [0.25, 0.3) is 11.2 Å². The number of H-pyrrole nitrogens is 1. The summed E-state index contributed by atoms with van der Waals surface area (Å²) >= 11 is 0. The summed E-state index contributed by atoms with van der Waals surface area (Å²) in [5.41, 5.74) is 5.30. The molecule has 10 nitrogen and oxygen atoms in total. The standard InChI is InChI=1S/C10H13N5O5/c11-7-4-8(13-2-12-4)15(10(19)14-7)9-6(18)5(17)3(1-16)20-9/h2-3,5-6,9,16-18H,1H2,(H,12,13)(H2,11,14,19). The highest BCUT2D eigenvalue weighted by molar-refractivity contribution is 5.81. The predicted molar refractivity (Wildman–Crippen MR) is 65.6 cm³/mol. The average molecular weight is 283 g/mol. The van der Waals surface area contributed by atoms with Crippen molar-refractivity contribution in [1.29, 1.82) is 0 Å². The lowest BCUT2D eigenvalue weighted by molar-refractivity contribution is -0.0529. The minimum atomic E-state index is -1.39. The highest BCUT2D eigenvalue weighted by Crippen LogP contribution is 2.30. The smallest absolute Gasteiger partial charge is 0.353 e. The fourth-order valence-corrected chi connectivity index (χ4v) is 2.28. The number of aromatic amines is 1. The molecule has 1 aliphatic heterocycles. The van der Waals surface area contributed by atoms with Crippen LogP contribution in [0.5, 0.6) is 0 Å². The Morgan fingerprint density at radius 2 is 2.20 bits per heavy atom. The number of hydrogen-bond acceptors (Lipinski definition) is 8. The summed E-state index contributed by atoms with van der Waals surface area (Å²) in [4.78, 5) is 22.2. The molecule has 2 aromatic heterocycles. The Kier molecular flexibility index (Phi) is 2.94. The Labute approximate surface area is 111 Å². The second kappa shape index (κ2) is 4.52. The van der Waals surface area contributed by atoms with Crippen LogP contribution in [0.15, 0.2) is 11.1 Å². The zero-order valence-corrected chi connectivity index (χ0v) is 10.2. The number of anilines is 1. The van der Waals surface area contributed by atoms with Crippen LogP contribution in [0, 0.1) is 0 Å². The minimum Gasteiger partial charge on any atom is -0.394 e. The molecule has 10 heteroatoms. The van der Waals surface area contributed by atoms with Crippen molar-refractivity contribution < 1.29 is 20.1 Å². The van der Waals surface area contributed by atoms with Gasteiger partial charge in [0.25, 0.3) is 0 Å². The van der Waals surface area contributed by atoms with E-state index in [0.717, 1.165) is 4.57 Å². The second-order valence-corrected chi connectivity index (χ2v) is 4.48. The molecule has 1 saturated heterocycles. The van der Waals surface area contributed by atoms with Crippen LogP contribution < -0.4 is 11.4 Å². The summed E-state index contributed by atoms with van der Waals surface area (Å²) in [6.07, 6.45) is -3.58. The van der Waals surface area contributed by atoms with E-state index >= 15 is 0 Å². The summed E-state index contributed by atoms with van der Waals surface area (Å²) in [7, 11) is 0. The van der Waals surface area contributed by atoms with Gasteiger partial charge in [-0.05, 0) is 0 Å². The van der Waals surface area contributed by atoms with Crippen LogP contribution in [0.2, 0.25) is 0 Å². The van der Waals surface area contributed by atoms with Crippen LogP contribution in [0.1, 0.15) is 6.23 Å². The summed E-state index contributed by atoms with van der Waals surface area (Å²) in [5, 5.41) is 28.8. The average Bonchev–Trinajstić information content (AvgIpc) is 2.99. The molecule has 0 aliphatic carbocycles. The second-order valence-electron chi connectivity index (χ2n) is 4.48. The van der Waals surface area contributed by atoms with Crippen molar-refractivity contribution in [2.75, 3.05) is 12.3 Å². The van der Waals surface area contributed by atoms with E-state index in [0.29, 0.717) is 5.52 Å². The van der Waals surface area contributed by atoms with Gasteiger partial charge in [0.1, 0.15) is 23.8 Å². The minimum absolute atomic E-state index is 0.0227. The summed E-state index contributed by atoms with van der Waals surface area (Å²) in [5.74, 6) is -0.0227. The number of aromatic nitrogens is 4. The van der Waals surface area contributed by atoms with Crippen molar-refractivity contribution in [2.45, 2.75) is 24.5 Å². The highest BCUT2D eigenvalue weighted by atomic mass is 16.6. The fraction of sp³-hybridized carbons (Fsp3) is 0.500. The Bertz CT molecular complexity index is 697. The number of rotatable bonds is 2. The van der Waals surface area contributed by atoms with E-state index in [9.17, 15) is 15.0 Å². The molecule has 6 N–H and O–H groups in total. The van der Waals surface area contributed by atoms with Crippen LogP contribution in [0.3, 0.4) is 0 Å². The third-order valence-corrected chi connectivity index (χ3v) is 3.30. The molecule has 108 valence electrons. The van der Waals surface area contributed by atoms with Gasteiger partial charge in [-0.1, -0.05) is 0 Å². The van der Waals surface area contributed by atoms with Gasteiger partial charge < -0.3 is 30.8 Å². The van der Waals surface area contributed by atoms with Crippen LogP contribution in [0.4, 0.5) is 5.82 Å². The Hall–Kier alpha value is -2.01. The van der Waals surface area contributed by atoms with Gasteiger partial charge in [-0.2, -0.15) is 4.98 Å². The lowest BCUT2D eigenvalue weighted by Crippen LogP contribution is -2.36. The molecule has 1 fully saturated rings. The number of nitrogens with zero attached hydrogens (tertiary/aromatic N) is 3. The maximum atomic E-state index is 12.0. The third kappa shape index (κ3) is 1.70. The van der Waals surface area contributed by atoms with E-state index in [-0.39, 0.29) is 11.5 Å². The van der Waals surface area contributed by atoms with Gasteiger partial charge >= 0.3 is 5.69 Å². The molecule has 0 spiro atoms. The normalized spacial score (nSPS) is 30.1. The monoisotopic (exact) mass is 283 g/mol. The fourth-order valence-electron chi connectivity index (χ4n) is 2.28. The molecular formula is C10H13N5O5. The first kappa shape index (κ1) is 13.0. The molecule has 0 bridgehead atoms. The number of nitrogens with two attached hydrogens (primary N) is 1. The van der Waals surface area contributed by atoms with Crippen molar-refractivity contribution in [3.63, 3.8) is 0 Å². The van der Waals surface area contributed by atoms with E-state index in [2.05, 4.69) is 15.0 Å². The topological polar surface area (TPSA) is 160 Å². The number of ether oxygens (including phenoxy) is 1. The summed E-state index contributed by atoms with van der Waals surface area (Å²) in [6, 6.07) is 0. The molecule has 3 heterocycles. The summed E-state index contributed by atoms with van der Waals surface area (Å²) in [6.45, 7) is -0.490. The largest absolute Gasteiger partial charge is 0.394 e. The number of fused-ring (bicyclic) bond motifs is 1. The first-order chi connectivity index (χ1) is 9.54. The third-order valence-electron chi connectivity index (χ3n) is 3.30. The van der Waals surface area contributed by atoms with Crippen LogP contribution in [-0.4, -0.2) is 59.8 Å². The molecule has 2 aromatic rings. The predicted octanol–water partition coefficient (Wildman–Crippen LogP) is -2.69. The van der Waals surface area contributed by atoms with Crippen molar-refractivity contribution in [1.82, 2.24) is 19.5 Å². The van der Waals surface area contributed by atoms with Crippen molar-refractivity contribution in [2.24, 2.45) is 0 Å². The Morgan fingerprint density at radius 1 is 1.45 bits per heavy atom. The van der Waals surface area contributed by atoms with Crippen molar-refractivity contribution in [3.8, 4) is 0 Å². The van der Waals surface area contributed by atoms with Gasteiger partial charge in [-0.15, -0.1) is 0 Å². The van der Waals surface area contributed by atoms with E-state index in [1.165, 1.54) is 6.33 Å². The Morgan fingerprint density at radius 3 is 2.85 bits per heavy atom. The number of nitrogen functional groups attached to an aromatic ring is 1. The molecule has 0 saturated carbocycles. The molecule has 3 rings (SSSR count). The maximum absolute atomic E-state index is 12.0. The molecule has 4 atom stereocenters. The number of aliphatic hydroxyl groups excluding tert-OH is 3. The van der Waals surface area contributed by atoms with Gasteiger partial charge in [0.15, 0.2) is 17.7 Å². The zero-order valence-electron chi connectivity index (χ0n) is 10.2. The van der Waals surface area contributed by atoms with E-state index in [1.54, 1.807) is 0 Å². The molecule has 20 heavy (non-hydrogen) atoms. The Balaban J connectivity index is 2.16. The van der Waals surface area contributed by atoms with Gasteiger partial charge in [0.05, 0.1) is 12.9 Å². The van der Waals surface area contributed by atoms with Gasteiger partial charge in [-0.25, -0.2) is 14.3 Å². The maximum Gasteiger partial charge on any atom is 0.353 e. The summed E-state index contributed by atoms with van der Waals surface area (Å²) < 4.78 is 6.29. The van der Waals surface area contributed by atoms with Gasteiger partial charge in [0, 0.05) is 0 Å². The zero-order chi connectivity index (χ0) is 14.4. The molecule has 0 aromatic carbocycles. The SMILES string of the molecule is Nc1nc(=O)n(C2OC(CO)C(O)C2O)c2nc[nH]c12. The number of aliphatic hydroxyl groups is 3. The van der Waals surface area contributed by atoms with Crippen LogP contribution >= 0.6 is 0 Å². The number of nitrogens with one attached hydrogen (secondary N) is 1. The molecule has 0 amide bonds. The first-order valence-corrected chi connectivity index (χ1v) is 5.88. The first-order valence-electron chi connectivity index (χ1n) is 5.88.